The molecule has 0 amide bonds. The maximum Gasteiger partial charge on any atom is 0.339 e. The Kier molecular flexibility index (Phi) is 10.5. The number of hydrogen-bond donors (Lipinski definition) is 4. The summed E-state index contributed by atoms with van der Waals surface area (Å²) in [6.07, 6.45) is 4.13. The molecule has 6 rings (SSSR count). The van der Waals surface area contributed by atoms with Gasteiger partial charge in [-0.3, -0.25) is 4.79 Å². The van der Waals surface area contributed by atoms with Gasteiger partial charge in [-0.1, -0.05) is 23.9 Å². The highest BCUT2D eigenvalue weighted by atomic mass is 16.7. The highest BCUT2D eigenvalue weighted by molar-refractivity contribution is 5.90. The van der Waals surface area contributed by atoms with Crippen molar-refractivity contribution in [2.75, 3.05) is 34.1 Å². The molecule has 1 unspecified atom stereocenters. The van der Waals surface area contributed by atoms with Crippen molar-refractivity contribution >= 4 is 17.9 Å². The summed E-state index contributed by atoms with van der Waals surface area (Å²) in [5, 5.41) is 40.7. The number of aromatic carboxylic acids is 1. The monoisotopic (exact) mass is 683 g/mol. The SMILES string of the molecule is COC(=O)C[C@@](O)(CCCC(C)(C)O)C(=O)O[C@@H]1C(OC)=C[C@]23CCC[NH+]2CCc2cc4c(cc2[C@H]13)OCO4.O=C(O)c1ccccc1[O-]. The number of carbonyl (C=O) groups is 3. The van der Waals surface area contributed by atoms with E-state index in [-0.39, 0.29) is 30.2 Å². The molecule has 2 aromatic rings. The molecule has 0 aromatic heterocycles. The van der Waals surface area contributed by atoms with Crippen LogP contribution in [-0.4, -0.2) is 90.2 Å². The van der Waals surface area contributed by atoms with Gasteiger partial charge in [-0.15, -0.1) is 0 Å². The molecule has 4 aliphatic rings. The fourth-order valence-electron chi connectivity index (χ4n) is 7.56. The average molecular weight is 684 g/mol. The summed E-state index contributed by atoms with van der Waals surface area (Å²) in [7, 11) is 2.77. The second-order valence-electron chi connectivity index (χ2n) is 13.7. The van der Waals surface area contributed by atoms with Gasteiger partial charge in [-0.2, -0.15) is 0 Å². The van der Waals surface area contributed by atoms with Gasteiger partial charge in [0.15, 0.2) is 23.2 Å². The van der Waals surface area contributed by atoms with Gasteiger partial charge in [0, 0.05) is 25.3 Å². The second-order valence-corrected chi connectivity index (χ2v) is 13.7. The van der Waals surface area contributed by atoms with Crippen LogP contribution in [0.5, 0.6) is 17.2 Å². The predicted molar refractivity (Wildman–Crippen MR) is 171 cm³/mol. The van der Waals surface area contributed by atoms with Crippen LogP contribution in [0.2, 0.25) is 0 Å². The molecule has 266 valence electrons. The van der Waals surface area contributed by atoms with E-state index in [1.807, 2.05) is 12.1 Å². The minimum Gasteiger partial charge on any atom is -0.872 e. The number of nitrogens with one attached hydrogen (secondary N) is 1. The van der Waals surface area contributed by atoms with E-state index in [0.29, 0.717) is 30.1 Å². The van der Waals surface area contributed by atoms with E-state index < -0.39 is 47.4 Å². The zero-order chi connectivity index (χ0) is 35.6. The lowest BCUT2D eigenvalue weighted by molar-refractivity contribution is -0.932. The fourth-order valence-corrected chi connectivity index (χ4v) is 7.56. The van der Waals surface area contributed by atoms with E-state index in [2.05, 4.69) is 6.08 Å². The molecule has 13 heteroatoms. The maximum atomic E-state index is 13.8. The van der Waals surface area contributed by atoms with Gasteiger partial charge in [0.1, 0.15) is 11.3 Å². The van der Waals surface area contributed by atoms with Crippen LogP contribution >= 0.6 is 0 Å². The Bertz CT molecular complexity index is 1600. The van der Waals surface area contributed by atoms with Crippen molar-refractivity contribution in [3.8, 4) is 17.2 Å². The molecule has 1 fully saturated rings. The zero-order valence-electron chi connectivity index (χ0n) is 28.3. The number of aliphatic hydroxyl groups is 2. The Morgan fingerprint density at radius 1 is 1.06 bits per heavy atom. The number of carboxylic acid groups (broad SMARTS) is 1. The largest absolute Gasteiger partial charge is 0.872 e. The minimum absolute atomic E-state index is 0.0634. The van der Waals surface area contributed by atoms with E-state index in [1.54, 1.807) is 21.0 Å². The number of ether oxygens (including phenoxy) is 5. The van der Waals surface area contributed by atoms with Crippen molar-refractivity contribution in [2.24, 2.45) is 0 Å². The van der Waals surface area contributed by atoms with Crippen LogP contribution in [-0.2, 0) is 30.2 Å². The second kappa shape index (κ2) is 14.3. The number of methoxy groups -OCH3 is 2. The smallest absolute Gasteiger partial charge is 0.339 e. The first-order valence-electron chi connectivity index (χ1n) is 16.5. The molecule has 0 radical (unpaired) electrons. The van der Waals surface area contributed by atoms with Crippen molar-refractivity contribution in [3.05, 3.63) is 64.9 Å². The van der Waals surface area contributed by atoms with Crippen molar-refractivity contribution in [1.29, 1.82) is 0 Å². The average Bonchev–Trinajstić information content (AvgIpc) is 3.74. The molecule has 13 nitrogen and oxygen atoms in total. The third-order valence-corrected chi connectivity index (χ3v) is 9.94. The molecule has 4 N–H and O–H groups in total. The fraction of sp³-hybridized carbons (Fsp3) is 0.528. The van der Waals surface area contributed by atoms with E-state index in [9.17, 15) is 29.7 Å². The molecule has 1 saturated heterocycles. The number of benzene rings is 2. The van der Waals surface area contributed by atoms with E-state index in [1.165, 1.54) is 36.3 Å². The number of carboxylic acids is 1. The normalized spacial score (nSPS) is 24.4. The van der Waals surface area contributed by atoms with Crippen molar-refractivity contribution in [3.63, 3.8) is 0 Å². The van der Waals surface area contributed by atoms with Crippen molar-refractivity contribution in [2.45, 2.75) is 87.6 Å². The lowest BCUT2D eigenvalue weighted by Gasteiger charge is -2.37. The first kappa shape index (κ1) is 36.0. The topological polar surface area (TPSA) is 186 Å². The highest BCUT2D eigenvalue weighted by Gasteiger charge is 2.62. The van der Waals surface area contributed by atoms with Gasteiger partial charge >= 0.3 is 17.9 Å². The Labute approximate surface area is 285 Å². The molecule has 49 heavy (non-hydrogen) atoms. The van der Waals surface area contributed by atoms with Gasteiger partial charge in [0.2, 0.25) is 6.79 Å². The third kappa shape index (κ3) is 7.48. The Hall–Kier alpha value is -4.33. The molecule has 3 aliphatic heterocycles. The maximum absolute atomic E-state index is 13.8. The predicted octanol–water partition coefficient (Wildman–Crippen LogP) is 1.62. The summed E-state index contributed by atoms with van der Waals surface area (Å²) in [6.45, 7) is 5.39. The number of fused-ring (bicyclic) bond motifs is 3. The van der Waals surface area contributed by atoms with E-state index >= 15 is 0 Å². The van der Waals surface area contributed by atoms with Crippen LogP contribution in [0.25, 0.3) is 0 Å². The molecule has 1 aliphatic carbocycles. The Morgan fingerprint density at radius 3 is 2.41 bits per heavy atom. The van der Waals surface area contributed by atoms with Crippen LogP contribution in [0.15, 0.2) is 48.2 Å². The van der Waals surface area contributed by atoms with Crippen molar-refractivity contribution in [1.82, 2.24) is 0 Å². The summed E-state index contributed by atoms with van der Waals surface area (Å²) in [5.74, 6) is -1.60. The summed E-state index contributed by atoms with van der Waals surface area (Å²) in [4.78, 5) is 37.6. The first-order valence-corrected chi connectivity index (χ1v) is 16.5. The number of para-hydroxylation sites is 1. The summed E-state index contributed by atoms with van der Waals surface area (Å²) < 4.78 is 28.1. The molecule has 2 aromatic carbocycles. The van der Waals surface area contributed by atoms with Gasteiger partial charge in [-0.25, -0.2) is 9.59 Å². The van der Waals surface area contributed by atoms with Gasteiger partial charge < -0.3 is 49.0 Å². The molecule has 5 atom stereocenters. The van der Waals surface area contributed by atoms with Crippen LogP contribution < -0.4 is 19.5 Å². The molecule has 0 saturated carbocycles. The summed E-state index contributed by atoms with van der Waals surface area (Å²) >= 11 is 0. The number of rotatable bonds is 10. The Balaban J connectivity index is 0.000000402. The standard InChI is InChI=1S/C29H39NO9.C7H6O3/c1-27(2,33)8-5-10-29(34,16-23(31)36-4)26(32)39-25-22(35-3)15-28-9-6-11-30(28)12-7-18-13-20-21(38-17-37-20)14-19(18)24(25)28;8-6-4-2-1-3-5(6)7(9)10/h13-15,24-25,33-34H,5-12,16-17H2,1-4H3;1-4,8H,(H,9,10)/t24-,25-,28+,29+;/m1./s1. The quantitative estimate of drug-likeness (QED) is 0.266. The lowest BCUT2D eigenvalue weighted by Crippen LogP contribution is -3.18. The molecule has 0 bridgehead atoms. The Morgan fingerprint density at radius 2 is 1.78 bits per heavy atom. The third-order valence-electron chi connectivity index (χ3n) is 9.94. The number of hydrogen-bond acceptors (Lipinski definition) is 11. The van der Waals surface area contributed by atoms with Crippen LogP contribution in [0, 0.1) is 0 Å². The van der Waals surface area contributed by atoms with Gasteiger partial charge in [-0.05, 0) is 62.4 Å². The number of carbonyl (C=O) groups excluding carboxylic acids is 2. The van der Waals surface area contributed by atoms with E-state index in [0.717, 1.165) is 43.5 Å². The lowest BCUT2D eigenvalue weighted by atomic mass is 9.77. The number of esters is 2. The number of quaternary nitrogens is 1. The molecular formula is C36H45NO12. The van der Waals surface area contributed by atoms with Crippen LogP contribution in [0.3, 0.4) is 0 Å². The van der Waals surface area contributed by atoms with Crippen molar-refractivity contribution < 1.29 is 63.4 Å². The first-order chi connectivity index (χ1) is 23.2. The minimum atomic E-state index is -2.11. The highest BCUT2D eigenvalue weighted by Crippen LogP contribution is 2.50. The molecular weight excluding hydrogens is 638 g/mol. The van der Waals surface area contributed by atoms with E-state index in [4.69, 9.17) is 28.8 Å². The van der Waals surface area contributed by atoms with Crippen LogP contribution in [0.1, 0.15) is 79.8 Å². The zero-order valence-corrected chi connectivity index (χ0v) is 28.3. The van der Waals surface area contributed by atoms with Gasteiger partial charge in [0.05, 0.1) is 50.8 Å². The van der Waals surface area contributed by atoms with Gasteiger partial charge in [0.25, 0.3) is 0 Å². The summed E-state index contributed by atoms with van der Waals surface area (Å²) in [6, 6.07) is 9.57. The van der Waals surface area contributed by atoms with Crippen LogP contribution in [0.4, 0.5) is 0 Å². The molecule has 1 spiro atoms. The molecule has 3 heterocycles. The summed E-state index contributed by atoms with van der Waals surface area (Å²) in [5.41, 5.74) is -1.47.